The Kier molecular flexibility index (Phi) is 6.08. The first kappa shape index (κ1) is 20.7. The number of alkyl halides is 3. The Morgan fingerprint density at radius 1 is 1.33 bits per heavy atom. The van der Waals surface area contributed by atoms with Gasteiger partial charge in [-0.05, 0) is 30.6 Å². The largest absolute Gasteiger partial charge is 0.501 e. The predicted octanol–water partition coefficient (Wildman–Crippen LogP) is 3.14. The molecule has 0 radical (unpaired) electrons. The molecule has 0 spiro atoms. The Balaban J connectivity index is 2.46. The molecule has 10 heteroatoms. The van der Waals surface area contributed by atoms with Crippen molar-refractivity contribution in [2.45, 2.75) is 30.9 Å². The van der Waals surface area contributed by atoms with Crippen LogP contribution in [0.5, 0.6) is 5.75 Å². The fraction of sp³-hybridized carbons (Fsp3) is 0.294. The minimum Gasteiger partial charge on any atom is -0.455 e. The van der Waals surface area contributed by atoms with Gasteiger partial charge in [-0.25, -0.2) is 8.42 Å². The minimum atomic E-state index is -5.60. The molecule has 0 saturated carbocycles. The van der Waals surface area contributed by atoms with Gasteiger partial charge in [0.25, 0.3) is 9.84 Å². The Hall–Kier alpha value is -2.64. The molecule has 1 N–H and O–H groups in total. The normalized spacial score (nSPS) is 21.0. The van der Waals surface area contributed by atoms with E-state index >= 15 is 0 Å². The zero-order valence-electron chi connectivity index (χ0n) is 13.9. The van der Waals surface area contributed by atoms with Gasteiger partial charge in [0.2, 0.25) is 0 Å². The Morgan fingerprint density at radius 2 is 2.04 bits per heavy atom. The molecular weight excluding hydrogens is 385 g/mol. The summed E-state index contributed by atoms with van der Waals surface area (Å²) in [7, 11) is -5.60. The fourth-order valence-electron chi connectivity index (χ4n) is 2.27. The molecule has 0 aromatic carbocycles. The van der Waals surface area contributed by atoms with Gasteiger partial charge >= 0.3 is 5.51 Å². The number of rotatable bonds is 3. The molecule has 1 aromatic heterocycles. The molecule has 0 aliphatic heterocycles. The number of allylic oxidation sites excluding steroid dienone is 3. The van der Waals surface area contributed by atoms with Crippen molar-refractivity contribution in [2.24, 2.45) is 0 Å². The fourth-order valence-corrected chi connectivity index (χ4v) is 3.23. The standard InChI is InChI=1S/C17H15F3N2O4S/c1-11-2-3-13(23)7-15(27(24,25)17(18,19)20)4-5-16(11)26-14-6-12(8-21)9-22-10-14/h4-6,9-10,13,23H,1-3,7H2/b15-4+,16-5?. The highest BCUT2D eigenvalue weighted by Gasteiger charge is 2.48. The number of sulfone groups is 1. The van der Waals surface area contributed by atoms with Crippen molar-refractivity contribution in [1.82, 2.24) is 4.98 Å². The molecule has 6 nitrogen and oxygen atoms in total. The molecule has 1 atom stereocenters. The van der Waals surface area contributed by atoms with E-state index in [-0.39, 0.29) is 29.9 Å². The summed E-state index contributed by atoms with van der Waals surface area (Å²) in [5.74, 6) is 0.144. The van der Waals surface area contributed by atoms with Gasteiger partial charge in [0.15, 0.2) is 0 Å². The maximum atomic E-state index is 12.9. The highest BCUT2D eigenvalue weighted by atomic mass is 32.2. The van der Waals surface area contributed by atoms with Crippen molar-refractivity contribution in [2.75, 3.05) is 0 Å². The molecule has 1 aliphatic carbocycles. The molecule has 0 fully saturated rings. The number of pyridine rings is 1. The van der Waals surface area contributed by atoms with Crippen molar-refractivity contribution in [3.05, 3.63) is 59.0 Å². The molecule has 0 amide bonds. The van der Waals surface area contributed by atoms with Gasteiger partial charge < -0.3 is 9.84 Å². The smallest absolute Gasteiger partial charge is 0.455 e. The molecular formula is C17H15F3N2O4S. The number of ether oxygens (including phenoxy) is 1. The highest BCUT2D eigenvalue weighted by molar-refractivity contribution is 7.96. The second kappa shape index (κ2) is 7.94. The summed E-state index contributed by atoms with van der Waals surface area (Å²) in [6.45, 7) is 3.76. The summed E-state index contributed by atoms with van der Waals surface area (Å²) < 4.78 is 67.6. The number of halogens is 3. The number of aliphatic hydroxyl groups excluding tert-OH is 1. The molecule has 0 saturated heterocycles. The van der Waals surface area contributed by atoms with Gasteiger partial charge in [-0.1, -0.05) is 6.58 Å². The van der Waals surface area contributed by atoms with Crippen LogP contribution in [0.15, 0.2) is 53.4 Å². The number of aliphatic hydroxyl groups is 1. The summed E-state index contributed by atoms with van der Waals surface area (Å²) in [5, 5.41) is 18.8. The number of hydrogen-bond donors (Lipinski definition) is 1. The van der Waals surface area contributed by atoms with Crippen molar-refractivity contribution >= 4 is 9.84 Å². The predicted molar refractivity (Wildman–Crippen MR) is 89.7 cm³/mol. The SMILES string of the molecule is C=C1CCC(O)C/C(S(=O)(=O)C(F)(F)F)=C\C=C1Oc1cncc(C#N)c1. The zero-order valence-corrected chi connectivity index (χ0v) is 14.7. The van der Waals surface area contributed by atoms with Crippen molar-refractivity contribution < 1.29 is 31.4 Å². The lowest BCUT2D eigenvalue weighted by atomic mass is 10.1. The van der Waals surface area contributed by atoms with Crippen LogP contribution in [0.1, 0.15) is 24.8 Å². The lowest BCUT2D eigenvalue weighted by Gasteiger charge is -2.15. The van der Waals surface area contributed by atoms with Crippen LogP contribution < -0.4 is 4.74 Å². The topological polar surface area (TPSA) is 100 Å². The van der Waals surface area contributed by atoms with Crippen molar-refractivity contribution in [3.63, 3.8) is 0 Å². The van der Waals surface area contributed by atoms with E-state index in [4.69, 9.17) is 10.00 Å². The van der Waals surface area contributed by atoms with E-state index in [0.29, 0.717) is 5.57 Å². The highest BCUT2D eigenvalue weighted by Crippen LogP contribution is 2.34. The first-order chi connectivity index (χ1) is 12.5. The van der Waals surface area contributed by atoms with Crippen LogP contribution in [0, 0.1) is 11.3 Å². The molecule has 2 rings (SSSR count). The molecule has 1 aliphatic rings. The monoisotopic (exact) mass is 400 g/mol. The van der Waals surface area contributed by atoms with E-state index in [9.17, 15) is 26.7 Å². The summed E-state index contributed by atoms with van der Waals surface area (Å²) in [6, 6.07) is 3.22. The molecule has 1 unspecified atom stereocenters. The zero-order chi connectivity index (χ0) is 20.2. The van der Waals surface area contributed by atoms with Crippen molar-refractivity contribution in [3.8, 4) is 11.8 Å². The minimum absolute atomic E-state index is 0.000730. The summed E-state index contributed by atoms with van der Waals surface area (Å²) >= 11 is 0. The second-order valence-electron chi connectivity index (χ2n) is 5.74. The Morgan fingerprint density at radius 3 is 2.67 bits per heavy atom. The van der Waals surface area contributed by atoms with E-state index in [0.717, 1.165) is 12.2 Å². The Labute approximate surface area is 153 Å². The van der Waals surface area contributed by atoms with Crippen LogP contribution >= 0.6 is 0 Å². The van der Waals surface area contributed by atoms with Gasteiger partial charge in [-0.3, -0.25) is 4.98 Å². The van der Waals surface area contributed by atoms with Gasteiger partial charge in [0.05, 0.1) is 22.8 Å². The van der Waals surface area contributed by atoms with Crippen LogP contribution in [-0.4, -0.2) is 30.1 Å². The first-order valence-electron chi connectivity index (χ1n) is 7.66. The maximum absolute atomic E-state index is 12.9. The van der Waals surface area contributed by atoms with Gasteiger partial charge in [-0.15, -0.1) is 0 Å². The lowest BCUT2D eigenvalue weighted by molar-refractivity contribution is -0.0428. The van der Waals surface area contributed by atoms with Crippen LogP contribution in [0.2, 0.25) is 0 Å². The third kappa shape index (κ3) is 4.96. The number of aromatic nitrogens is 1. The van der Waals surface area contributed by atoms with Gasteiger partial charge in [-0.2, -0.15) is 18.4 Å². The number of hydrogen-bond acceptors (Lipinski definition) is 6. The summed E-state index contributed by atoms with van der Waals surface area (Å²) in [4.78, 5) is 2.83. The summed E-state index contributed by atoms with van der Waals surface area (Å²) in [5.41, 5.74) is -4.94. The van der Waals surface area contributed by atoms with E-state index < -0.39 is 32.8 Å². The number of nitrogens with zero attached hydrogens (tertiary/aromatic N) is 2. The van der Waals surface area contributed by atoms with Crippen molar-refractivity contribution in [1.29, 1.82) is 5.26 Å². The molecule has 144 valence electrons. The van der Waals surface area contributed by atoms with Gasteiger partial charge in [0.1, 0.15) is 17.6 Å². The first-order valence-corrected chi connectivity index (χ1v) is 9.14. The quantitative estimate of drug-likeness (QED) is 0.837. The van der Waals surface area contributed by atoms with Crippen LogP contribution in [0.3, 0.4) is 0 Å². The summed E-state index contributed by atoms with van der Waals surface area (Å²) in [6.07, 6.45) is 2.59. The molecule has 1 heterocycles. The second-order valence-corrected chi connectivity index (χ2v) is 7.73. The molecule has 27 heavy (non-hydrogen) atoms. The van der Waals surface area contributed by atoms with Crippen LogP contribution in [0.25, 0.3) is 0 Å². The van der Waals surface area contributed by atoms with E-state index in [2.05, 4.69) is 11.6 Å². The van der Waals surface area contributed by atoms with Gasteiger partial charge in [0, 0.05) is 18.7 Å². The van der Waals surface area contributed by atoms with E-state index in [1.165, 1.54) is 18.5 Å². The maximum Gasteiger partial charge on any atom is 0.501 e. The van der Waals surface area contributed by atoms with E-state index in [1.54, 1.807) is 0 Å². The third-order valence-electron chi connectivity index (χ3n) is 3.71. The van der Waals surface area contributed by atoms with E-state index in [1.807, 2.05) is 6.07 Å². The van der Waals surface area contributed by atoms with Crippen LogP contribution in [-0.2, 0) is 9.84 Å². The van der Waals surface area contributed by atoms with Crippen LogP contribution in [0.4, 0.5) is 13.2 Å². The average Bonchev–Trinajstić information content (AvgIpc) is 2.66. The third-order valence-corrected chi connectivity index (χ3v) is 5.31. The molecule has 1 aromatic rings. The average molecular weight is 400 g/mol. The lowest BCUT2D eigenvalue weighted by Crippen LogP contribution is -2.26. The number of nitriles is 1. The Bertz CT molecular complexity index is 944. The molecule has 0 bridgehead atoms.